The van der Waals surface area contributed by atoms with E-state index in [4.69, 9.17) is 0 Å². The lowest BCUT2D eigenvalue weighted by atomic mass is 9.97. The van der Waals surface area contributed by atoms with Gasteiger partial charge in [0.05, 0.1) is 0 Å². The molecule has 0 radical (unpaired) electrons. The zero-order valence-electron chi connectivity index (χ0n) is 9.39. The van der Waals surface area contributed by atoms with Crippen molar-refractivity contribution in [2.24, 2.45) is 5.92 Å². The maximum Gasteiger partial charge on any atom is 0.126 e. The molecule has 2 heteroatoms. The van der Waals surface area contributed by atoms with Crippen LogP contribution in [0.2, 0.25) is 0 Å². The molecule has 1 unspecified atom stereocenters. The summed E-state index contributed by atoms with van der Waals surface area (Å²) in [4.78, 5) is 2.08. The van der Waals surface area contributed by atoms with Crippen LogP contribution in [0.15, 0.2) is 36.7 Å². The Balaban J connectivity index is 4.12. The largest absolute Gasteiger partial charge is 0.309 e. The van der Waals surface area contributed by atoms with E-state index in [1.807, 2.05) is 21.0 Å². The molecular weight excluding hydrogens is 177 g/mol. The zero-order chi connectivity index (χ0) is 11.1. The molecule has 0 rings (SSSR count). The fourth-order valence-electron chi connectivity index (χ4n) is 1.07. The van der Waals surface area contributed by atoms with Crippen LogP contribution in [0.4, 0.5) is 4.39 Å². The summed E-state index contributed by atoms with van der Waals surface area (Å²) in [7, 11) is 4.01. The third kappa shape index (κ3) is 4.97. The average molecular weight is 197 g/mol. The van der Waals surface area contributed by atoms with E-state index in [2.05, 4.69) is 18.1 Å². The predicted octanol–water partition coefficient (Wildman–Crippen LogP) is 3.17. The van der Waals surface area contributed by atoms with Gasteiger partial charge < -0.3 is 4.90 Å². The second kappa shape index (κ2) is 6.55. The molecule has 0 aromatic heterocycles. The highest BCUT2D eigenvalue weighted by molar-refractivity contribution is 5.26. The van der Waals surface area contributed by atoms with Gasteiger partial charge in [-0.2, -0.15) is 0 Å². The Kier molecular flexibility index (Phi) is 6.13. The van der Waals surface area contributed by atoms with Gasteiger partial charge >= 0.3 is 0 Å². The van der Waals surface area contributed by atoms with Crippen molar-refractivity contribution in [3.8, 4) is 0 Å². The standard InChI is InChI=1S/C12H20FN/c1-6-7-12(13)11(3)10(2)8-9-14(4)5/h6-7,10H,1,3,8-9H2,2,4-5H3/b12-7+. The van der Waals surface area contributed by atoms with Crippen molar-refractivity contribution in [3.63, 3.8) is 0 Å². The first-order valence-corrected chi connectivity index (χ1v) is 4.81. The molecule has 0 N–H and O–H groups in total. The lowest BCUT2D eigenvalue weighted by molar-refractivity contribution is 0.373. The highest BCUT2D eigenvalue weighted by Gasteiger charge is 2.10. The monoisotopic (exact) mass is 197 g/mol. The van der Waals surface area contributed by atoms with Crippen LogP contribution in [-0.2, 0) is 0 Å². The molecule has 1 atom stereocenters. The molecule has 0 aromatic rings. The molecule has 14 heavy (non-hydrogen) atoms. The molecule has 1 nitrogen and oxygen atoms in total. The molecule has 0 aliphatic heterocycles. The lowest BCUT2D eigenvalue weighted by Gasteiger charge is -2.16. The number of halogens is 1. The zero-order valence-corrected chi connectivity index (χ0v) is 9.39. The topological polar surface area (TPSA) is 3.24 Å². The summed E-state index contributed by atoms with van der Waals surface area (Å²) >= 11 is 0. The number of hydrogen-bond donors (Lipinski definition) is 0. The maximum absolute atomic E-state index is 13.2. The van der Waals surface area contributed by atoms with Crippen molar-refractivity contribution in [2.45, 2.75) is 13.3 Å². The molecule has 0 aliphatic carbocycles. The minimum atomic E-state index is -0.258. The highest BCUT2D eigenvalue weighted by Crippen LogP contribution is 2.21. The van der Waals surface area contributed by atoms with E-state index in [1.54, 1.807) is 0 Å². The van der Waals surface area contributed by atoms with Gasteiger partial charge in [-0.3, -0.25) is 0 Å². The molecule has 0 fully saturated rings. The van der Waals surface area contributed by atoms with Crippen molar-refractivity contribution in [3.05, 3.63) is 36.7 Å². The summed E-state index contributed by atoms with van der Waals surface area (Å²) in [5.41, 5.74) is 0.562. The first-order valence-electron chi connectivity index (χ1n) is 4.81. The fourth-order valence-corrected chi connectivity index (χ4v) is 1.07. The quantitative estimate of drug-likeness (QED) is 0.591. The molecule has 0 heterocycles. The van der Waals surface area contributed by atoms with Gasteiger partial charge in [0.25, 0.3) is 0 Å². The molecule has 0 saturated carbocycles. The first kappa shape index (κ1) is 13.1. The summed E-state index contributed by atoms with van der Waals surface area (Å²) in [6.07, 6.45) is 3.72. The summed E-state index contributed by atoms with van der Waals surface area (Å²) in [5, 5.41) is 0. The number of rotatable bonds is 6. The van der Waals surface area contributed by atoms with Crippen LogP contribution in [0, 0.1) is 5.92 Å². The molecule has 80 valence electrons. The molecule has 0 aliphatic rings. The van der Waals surface area contributed by atoms with E-state index in [0.717, 1.165) is 13.0 Å². The molecule has 0 spiro atoms. The normalized spacial score (nSPS) is 14.2. The van der Waals surface area contributed by atoms with Crippen molar-refractivity contribution >= 4 is 0 Å². The fraction of sp³-hybridized carbons (Fsp3) is 0.500. The molecule has 0 aromatic carbocycles. The first-order chi connectivity index (χ1) is 6.49. The van der Waals surface area contributed by atoms with Gasteiger partial charge in [0, 0.05) is 0 Å². The van der Waals surface area contributed by atoms with Gasteiger partial charge in [-0.1, -0.05) is 26.2 Å². The Morgan fingerprint density at radius 3 is 2.50 bits per heavy atom. The van der Waals surface area contributed by atoms with E-state index in [9.17, 15) is 4.39 Å². The van der Waals surface area contributed by atoms with Crippen LogP contribution in [-0.4, -0.2) is 25.5 Å². The number of hydrogen-bond acceptors (Lipinski definition) is 1. The van der Waals surface area contributed by atoms with Gasteiger partial charge in [-0.15, -0.1) is 0 Å². The summed E-state index contributed by atoms with van der Waals surface area (Å²) in [6, 6.07) is 0. The van der Waals surface area contributed by atoms with Gasteiger partial charge in [0.1, 0.15) is 5.83 Å². The Hall–Kier alpha value is -0.890. The molecular formula is C12H20FN. The van der Waals surface area contributed by atoms with E-state index in [1.165, 1.54) is 12.2 Å². The Morgan fingerprint density at radius 2 is 2.07 bits per heavy atom. The van der Waals surface area contributed by atoms with Gasteiger partial charge in [-0.25, -0.2) is 4.39 Å². The summed E-state index contributed by atoms with van der Waals surface area (Å²) in [5.74, 6) is -0.0835. The van der Waals surface area contributed by atoms with E-state index < -0.39 is 0 Å². The number of nitrogens with zero attached hydrogens (tertiary/aromatic N) is 1. The summed E-state index contributed by atoms with van der Waals surface area (Å²) in [6.45, 7) is 10.1. The summed E-state index contributed by atoms with van der Waals surface area (Å²) < 4.78 is 13.2. The highest BCUT2D eigenvalue weighted by atomic mass is 19.1. The van der Waals surface area contributed by atoms with Crippen molar-refractivity contribution in [1.82, 2.24) is 4.90 Å². The minimum Gasteiger partial charge on any atom is -0.309 e. The minimum absolute atomic E-state index is 0.175. The maximum atomic E-state index is 13.2. The molecule has 0 bridgehead atoms. The van der Waals surface area contributed by atoms with Crippen LogP contribution < -0.4 is 0 Å². The third-order valence-electron chi connectivity index (χ3n) is 2.18. The van der Waals surface area contributed by atoms with Crippen molar-refractivity contribution in [1.29, 1.82) is 0 Å². The van der Waals surface area contributed by atoms with E-state index in [0.29, 0.717) is 5.57 Å². The lowest BCUT2D eigenvalue weighted by Crippen LogP contribution is -2.16. The van der Waals surface area contributed by atoms with Gasteiger partial charge in [0.15, 0.2) is 0 Å². The van der Waals surface area contributed by atoms with E-state index in [-0.39, 0.29) is 11.7 Å². The van der Waals surface area contributed by atoms with Crippen LogP contribution in [0.5, 0.6) is 0 Å². The number of allylic oxidation sites excluding steroid dienone is 4. The SMILES string of the molecule is C=C/C=C(/F)C(=C)C(C)CCN(C)C. The Morgan fingerprint density at radius 1 is 1.50 bits per heavy atom. The van der Waals surface area contributed by atoms with Crippen molar-refractivity contribution in [2.75, 3.05) is 20.6 Å². The Labute approximate surface area is 86.6 Å². The van der Waals surface area contributed by atoms with E-state index >= 15 is 0 Å². The van der Waals surface area contributed by atoms with Crippen LogP contribution in [0.25, 0.3) is 0 Å². The van der Waals surface area contributed by atoms with Crippen LogP contribution in [0.1, 0.15) is 13.3 Å². The second-order valence-corrected chi connectivity index (χ2v) is 3.77. The smallest absolute Gasteiger partial charge is 0.126 e. The third-order valence-corrected chi connectivity index (χ3v) is 2.18. The van der Waals surface area contributed by atoms with Crippen LogP contribution >= 0.6 is 0 Å². The average Bonchev–Trinajstić information content (AvgIpc) is 2.13. The van der Waals surface area contributed by atoms with Gasteiger partial charge in [-0.05, 0) is 44.6 Å². The van der Waals surface area contributed by atoms with Crippen molar-refractivity contribution < 1.29 is 4.39 Å². The molecule has 0 amide bonds. The second-order valence-electron chi connectivity index (χ2n) is 3.77. The predicted molar refractivity (Wildman–Crippen MR) is 60.9 cm³/mol. The Bertz CT molecular complexity index is 228. The van der Waals surface area contributed by atoms with Crippen LogP contribution in [0.3, 0.4) is 0 Å². The molecule has 0 saturated heterocycles. The van der Waals surface area contributed by atoms with Gasteiger partial charge in [0.2, 0.25) is 0 Å².